The van der Waals surface area contributed by atoms with Crippen molar-refractivity contribution in [2.45, 2.75) is 0 Å². The molecule has 2 heterocycles. The van der Waals surface area contributed by atoms with Crippen LogP contribution in [0.25, 0.3) is 22.1 Å². The molecule has 0 fully saturated rings. The van der Waals surface area contributed by atoms with Crippen molar-refractivity contribution in [1.82, 2.24) is 0 Å². The third kappa shape index (κ3) is 2.32. The number of phenols is 1. The van der Waals surface area contributed by atoms with E-state index >= 15 is 0 Å². The summed E-state index contributed by atoms with van der Waals surface area (Å²) in [5.41, 5.74) is 0.733. The monoisotopic (exact) mass is 342 g/mol. The van der Waals surface area contributed by atoms with Crippen molar-refractivity contribution in [3.05, 3.63) is 40.8 Å². The van der Waals surface area contributed by atoms with Crippen molar-refractivity contribution >= 4 is 11.0 Å². The number of phenolic OH excluding ortho intramolecular Hbond substituents is 1. The SMILES string of the molecule is COc1cc(O)cc(-c2coc3cc4c(c(OC)c3c2=O)OCO4)c1. The summed E-state index contributed by atoms with van der Waals surface area (Å²) < 4.78 is 26.9. The molecular formula is C18H14O7. The maximum Gasteiger partial charge on any atom is 0.231 e. The Morgan fingerprint density at radius 3 is 2.68 bits per heavy atom. The van der Waals surface area contributed by atoms with Gasteiger partial charge in [-0.3, -0.25) is 4.79 Å². The summed E-state index contributed by atoms with van der Waals surface area (Å²) in [6.07, 6.45) is 1.33. The number of benzene rings is 2. The lowest BCUT2D eigenvalue weighted by Gasteiger charge is -2.10. The number of hydrogen-bond donors (Lipinski definition) is 1. The van der Waals surface area contributed by atoms with Crippen LogP contribution in [0.4, 0.5) is 0 Å². The maximum atomic E-state index is 13.1. The summed E-state index contributed by atoms with van der Waals surface area (Å²) in [6.45, 7) is 0.0484. The third-order valence-electron chi connectivity index (χ3n) is 4.00. The van der Waals surface area contributed by atoms with E-state index in [1.165, 1.54) is 32.6 Å². The number of hydrogen-bond acceptors (Lipinski definition) is 7. The quantitative estimate of drug-likeness (QED) is 0.783. The van der Waals surface area contributed by atoms with Crippen molar-refractivity contribution in [3.8, 4) is 39.9 Å². The highest BCUT2D eigenvalue weighted by molar-refractivity contribution is 5.92. The van der Waals surface area contributed by atoms with Crippen LogP contribution in [0.5, 0.6) is 28.7 Å². The van der Waals surface area contributed by atoms with Gasteiger partial charge < -0.3 is 28.5 Å². The Morgan fingerprint density at radius 2 is 1.92 bits per heavy atom. The van der Waals surface area contributed by atoms with Crippen LogP contribution in [0, 0.1) is 0 Å². The maximum absolute atomic E-state index is 13.1. The Morgan fingerprint density at radius 1 is 1.08 bits per heavy atom. The molecule has 7 heteroatoms. The van der Waals surface area contributed by atoms with Gasteiger partial charge in [-0.2, -0.15) is 0 Å². The van der Waals surface area contributed by atoms with Crippen molar-refractivity contribution in [3.63, 3.8) is 0 Å². The highest BCUT2D eigenvalue weighted by Crippen LogP contribution is 2.45. The lowest BCUT2D eigenvalue weighted by atomic mass is 10.0. The Balaban J connectivity index is 2.02. The molecule has 128 valence electrons. The van der Waals surface area contributed by atoms with E-state index in [1.54, 1.807) is 12.1 Å². The third-order valence-corrected chi connectivity index (χ3v) is 4.00. The second-order valence-corrected chi connectivity index (χ2v) is 5.41. The Hall–Kier alpha value is -3.35. The molecule has 0 bridgehead atoms. The second kappa shape index (κ2) is 5.62. The van der Waals surface area contributed by atoms with Crippen LogP contribution >= 0.6 is 0 Å². The van der Waals surface area contributed by atoms with Gasteiger partial charge in [0.2, 0.25) is 18.0 Å². The van der Waals surface area contributed by atoms with E-state index in [4.69, 9.17) is 23.4 Å². The van der Waals surface area contributed by atoms with Crippen LogP contribution in [0.1, 0.15) is 0 Å². The van der Waals surface area contributed by atoms with Gasteiger partial charge in [-0.25, -0.2) is 0 Å². The van der Waals surface area contributed by atoms with Gasteiger partial charge in [0.1, 0.15) is 28.7 Å². The first-order valence-corrected chi connectivity index (χ1v) is 7.43. The summed E-state index contributed by atoms with van der Waals surface area (Å²) in [5, 5.41) is 10.1. The first kappa shape index (κ1) is 15.2. The smallest absolute Gasteiger partial charge is 0.231 e. The molecule has 0 radical (unpaired) electrons. The fourth-order valence-corrected chi connectivity index (χ4v) is 2.86. The minimum Gasteiger partial charge on any atom is -0.508 e. The predicted molar refractivity (Wildman–Crippen MR) is 88.8 cm³/mol. The summed E-state index contributed by atoms with van der Waals surface area (Å²) >= 11 is 0. The molecule has 0 saturated carbocycles. The van der Waals surface area contributed by atoms with Crippen LogP contribution in [0.3, 0.4) is 0 Å². The molecule has 0 unspecified atom stereocenters. The van der Waals surface area contributed by atoms with Gasteiger partial charge >= 0.3 is 0 Å². The van der Waals surface area contributed by atoms with Gasteiger partial charge in [0, 0.05) is 12.1 Å². The van der Waals surface area contributed by atoms with Gasteiger partial charge in [0.05, 0.1) is 19.8 Å². The molecule has 2 aromatic carbocycles. The fourth-order valence-electron chi connectivity index (χ4n) is 2.86. The lowest BCUT2D eigenvalue weighted by molar-refractivity contribution is 0.171. The number of aromatic hydroxyl groups is 1. The normalized spacial score (nSPS) is 12.4. The molecule has 0 spiro atoms. The first-order chi connectivity index (χ1) is 12.1. The molecule has 1 aliphatic heterocycles. The zero-order valence-corrected chi connectivity index (χ0v) is 13.5. The van der Waals surface area contributed by atoms with Gasteiger partial charge in [-0.15, -0.1) is 0 Å². The summed E-state index contributed by atoms with van der Waals surface area (Å²) in [4.78, 5) is 13.1. The van der Waals surface area contributed by atoms with E-state index < -0.39 is 0 Å². The molecule has 0 aliphatic carbocycles. The number of rotatable bonds is 3. The standard InChI is InChI=1S/C18H14O7/c1-21-11-4-9(3-10(19)5-11)12-7-23-13-6-14-17(25-8-24-14)18(22-2)15(13)16(12)20/h3-7,19H,8H2,1-2H3. The number of ether oxygens (including phenoxy) is 4. The molecule has 3 aromatic rings. The largest absolute Gasteiger partial charge is 0.508 e. The molecule has 1 N–H and O–H groups in total. The van der Waals surface area contributed by atoms with E-state index in [-0.39, 0.29) is 34.7 Å². The van der Waals surface area contributed by atoms with Crippen LogP contribution in [-0.2, 0) is 0 Å². The van der Waals surface area contributed by atoms with Crippen molar-refractivity contribution in [1.29, 1.82) is 0 Å². The summed E-state index contributed by atoms with van der Waals surface area (Å²) in [7, 11) is 2.92. The summed E-state index contributed by atoms with van der Waals surface area (Å²) in [5.74, 6) is 1.48. The first-order valence-electron chi connectivity index (χ1n) is 7.43. The van der Waals surface area contributed by atoms with Crippen molar-refractivity contribution in [2.75, 3.05) is 21.0 Å². The van der Waals surface area contributed by atoms with E-state index in [2.05, 4.69) is 0 Å². The van der Waals surface area contributed by atoms with Crippen LogP contribution in [-0.4, -0.2) is 26.1 Å². The highest BCUT2D eigenvalue weighted by Gasteiger charge is 2.25. The van der Waals surface area contributed by atoms with E-state index in [9.17, 15) is 9.90 Å². The minimum atomic E-state index is -0.316. The second-order valence-electron chi connectivity index (χ2n) is 5.41. The van der Waals surface area contributed by atoms with Crippen LogP contribution in [0.15, 0.2) is 39.7 Å². The van der Waals surface area contributed by atoms with Gasteiger partial charge in [-0.1, -0.05) is 0 Å². The molecule has 0 atom stereocenters. The zero-order valence-electron chi connectivity index (χ0n) is 13.5. The molecule has 25 heavy (non-hydrogen) atoms. The van der Waals surface area contributed by atoms with Crippen LogP contribution < -0.4 is 24.4 Å². The molecule has 1 aromatic heterocycles. The average Bonchev–Trinajstić information content (AvgIpc) is 3.07. The molecular weight excluding hydrogens is 328 g/mol. The number of methoxy groups -OCH3 is 2. The molecule has 7 nitrogen and oxygen atoms in total. The van der Waals surface area contributed by atoms with Gasteiger partial charge in [0.15, 0.2) is 11.5 Å². The van der Waals surface area contributed by atoms with E-state index in [1.807, 2.05) is 0 Å². The average molecular weight is 342 g/mol. The highest BCUT2D eigenvalue weighted by atomic mass is 16.7. The van der Waals surface area contributed by atoms with E-state index in [0.29, 0.717) is 28.4 Å². The fraction of sp³-hybridized carbons (Fsp3) is 0.167. The Bertz CT molecular complexity index is 1040. The van der Waals surface area contributed by atoms with Crippen molar-refractivity contribution < 1.29 is 28.5 Å². The topological polar surface area (TPSA) is 87.4 Å². The van der Waals surface area contributed by atoms with Crippen molar-refractivity contribution in [2.24, 2.45) is 0 Å². The summed E-state index contributed by atoms with van der Waals surface area (Å²) in [6, 6.07) is 6.14. The predicted octanol–water partition coefficient (Wildman–Crippen LogP) is 2.91. The Labute approximate surface area is 141 Å². The zero-order chi connectivity index (χ0) is 17.6. The lowest BCUT2D eigenvalue weighted by Crippen LogP contribution is -2.07. The molecule has 0 saturated heterocycles. The van der Waals surface area contributed by atoms with Gasteiger partial charge in [-0.05, 0) is 17.7 Å². The molecule has 0 amide bonds. The molecule has 1 aliphatic rings. The van der Waals surface area contributed by atoms with Gasteiger partial charge in [0.25, 0.3) is 0 Å². The van der Waals surface area contributed by atoms with E-state index in [0.717, 1.165) is 0 Å². The van der Waals surface area contributed by atoms with Crippen LogP contribution in [0.2, 0.25) is 0 Å². The number of fused-ring (bicyclic) bond motifs is 2. The molecule has 4 rings (SSSR count). The minimum absolute atomic E-state index is 0.0218. The Kier molecular flexibility index (Phi) is 3.42.